The average molecular weight is 288 g/mol. The monoisotopic (exact) mass is 288 g/mol. The van der Waals surface area contributed by atoms with Gasteiger partial charge in [-0.3, -0.25) is 0 Å². The minimum atomic E-state index is -1.43. The number of aliphatic hydroxyl groups is 1. The zero-order valence-corrected chi connectivity index (χ0v) is 11.9. The number of ether oxygens (including phenoxy) is 1. The third-order valence-corrected chi connectivity index (χ3v) is 3.20. The second kappa shape index (κ2) is 8.76. The van der Waals surface area contributed by atoms with Crippen molar-refractivity contribution in [1.29, 1.82) is 0 Å². The Kier molecular flexibility index (Phi) is 7.32. The van der Waals surface area contributed by atoms with Crippen molar-refractivity contribution in [1.82, 2.24) is 10.2 Å². The van der Waals surface area contributed by atoms with Crippen LogP contribution in [-0.4, -0.2) is 65.6 Å². The van der Waals surface area contributed by atoms with E-state index in [-0.39, 0.29) is 25.1 Å². The number of nitrogens with one attached hydrogen (secondary N) is 1. The lowest BCUT2D eigenvalue weighted by Gasteiger charge is -2.32. The zero-order valence-electron chi connectivity index (χ0n) is 11.9. The number of carbonyl (C=O) groups excluding carboxylic acids is 1. The quantitative estimate of drug-likeness (QED) is 0.630. The van der Waals surface area contributed by atoms with Crippen LogP contribution in [0.3, 0.4) is 0 Å². The normalized spacial score (nSPS) is 20.5. The van der Waals surface area contributed by atoms with Crippen LogP contribution in [0.15, 0.2) is 0 Å². The Balaban J connectivity index is 2.26. The summed E-state index contributed by atoms with van der Waals surface area (Å²) in [6.07, 6.45) is 1.47. The maximum atomic E-state index is 11.9. The van der Waals surface area contributed by atoms with E-state index in [0.717, 1.165) is 19.3 Å². The molecule has 0 aromatic heterocycles. The van der Waals surface area contributed by atoms with Crippen LogP contribution in [0.1, 0.15) is 32.6 Å². The van der Waals surface area contributed by atoms with E-state index in [1.54, 1.807) is 4.90 Å². The summed E-state index contributed by atoms with van der Waals surface area (Å²) >= 11 is 0. The van der Waals surface area contributed by atoms with Gasteiger partial charge in [0.05, 0.1) is 6.10 Å². The molecule has 0 radical (unpaired) electrons. The number of carboxylic acid groups (broad SMARTS) is 1. The Morgan fingerprint density at radius 2 is 2.25 bits per heavy atom. The number of hydrogen-bond acceptors (Lipinski definition) is 4. The molecule has 1 fully saturated rings. The lowest BCUT2D eigenvalue weighted by atomic mass is 10.1. The topological polar surface area (TPSA) is 99.1 Å². The maximum Gasteiger partial charge on any atom is 0.332 e. The molecule has 0 spiro atoms. The van der Waals surface area contributed by atoms with Crippen molar-refractivity contribution in [2.24, 2.45) is 0 Å². The molecule has 1 aliphatic rings. The Hall–Kier alpha value is -1.34. The number of rotatable bonds is 7. The number of nitrogens with zero attached hydrogens (tertiary/aromatic N) is 1. The maximum absolute atomic E-state index is 11.9. The second-order valence-electron chi connectivity index (χ2n) is 4.96. The van der Waals surface area contributed by atoms with Gasteiger partial charge in [0.2, 0.25) is 0 Å². The number of aliphatic carboxylic acids is 1. The molecule has 0 aliphatic carbocycles. The van der Waals surface area contributed by atoms with Gasteiger partial charge in [0.25, 0.3) is 0 Å². The van der Waals surface area contributed by atoms with Crippen LogP contribution in [0.2, 0.25) is 0 Å². The second-order valence-corrected chi connectivity index (χ2v) is 4.96. The highest BCUT2D eigenvalue weighted by molar-refractivity contribution is 5.74. The van der Waals surface area contributed by atoms with Crippen LogP contribution in [0.5, 0.6) is 0 Å². The van der Waals surface area contributed by atoms with E-state index >= 15 is 0 Å². The van der Waals surface area contributed by atoms with Crippen LogP contribution in [0.25, 0.3) is 0 Å². The lowest BCUT2D eigenvalue weighted by Crippen LogP contribution is -2.48. The number of carboxylic acids is 1. The number of hydrogen-bond donors (Lipinski definition) is 3. The van der Waals surface area contributed by atoms with Gasteiger partial charge >= 0.3 is 12.0 Å². The number of amides is 2. The first-order valence-corrected chi connectivity index (χ1v) is 7.09. The minimum absolute atomic E-state index is 0.00464. The summed E-state index contributed by atoms with van der Waals surface area (Å²) in [5.74, 6) is -1.27. The van der Waals surface area contributed by atoms with Crippen LogP contribution in [0.4, 0.5) is 4.79 Å². The van der Waals surface area contributed by atoms with E-state index < -0.39 is 12.1 Å². The Labute approximate surface area is 118 Å². The van der Waals surface area contributed by atoms with E-state index in [1.807, 2.05) is 6.92 Å². The Morgan fingerprint density at radius 3 is 2.90 bits per heavy atom. The predicted octanol–water partition coefficient (Wildman–Crippen LogP) is 0.423. The Morgan fingerprint density at radius 1 is 1.50 bits per heavy atom. The molecular weight excluding hydrogens is 264 g/mol. The molecule has 0 aromatic carbocycles. The summed E-state index contributed by atoms with van der Waals surface area (Å²) in [5.41, 5.74) is 0. The molecular formula is C13H24N2O5. The van der Waals surface area contributed by atoms with Crippen molar-refractivity contribution in [3.63, 3.8) is 0 Å². The summed E-state index contributed by atoms with van der Waals surface area (Å²) in [6, 6.07) is -0.229. The fourth-order valence-electron chi connectivity index (χ4n) is 2.09. The third kappa shape index (κ3) is 5.75. The largest absolute Gasteiger partial charge is 0.479 e. The summed E-state index contributed by atoms with van der Waals surface area (Å²) in [7, 11) is 0. The third-order valence-electron chi connectivity index (χ3n) is 3.20. The fourth-order valence-corrected chi connectivity index (χ4v) is 2.09. The standard InChI is InChI=1S/C13H24N2O5/c1-2-8-20-10-4-3-7-15(9-10)13(19)14-6-5-11(16)12(17)18/h10-11,16H,2-9H2,1H3,(H,14,19)(H,17,18). The first-order chi connectivity index (χ1) is 9.54. The van der Waals surface area contributed by atoms with Gasteiger partial charge in [-0.15, -0.1) is 0 Å². The zero-order chi connectivity index (χ0) is 15.0. The molecule has 1 aliphatic heterocycles. The molecule has 116 valence electrons. The SMILES string of the molecule is CCCOC1CCCN(C(=O)NCCC(O)C(=O)O)C1. The molecule has 2 unspecified atom stereocenters. The van der Waals surface area contributed by atoms with Crippen molar-refractivity contribution < 1.29 is 24.5 Å². The van der Waals surface area contributed by atoms with Crippen molar-refractivity contribution in [2.75, 3.05) is 26.2 Å². The molecule has 3 N–H and O–H groups in total. The molecule has 2 atom stereocenters. The van der Waals surface area contributed by atoms with Gasteiger partial charge in [0.15, 0.2) is 6.10 Å². The molecule has 0 bridgehead atoms. The lowest BCUT2D eigenvalue weighted by molar-refractivity contribution is -0.146. The molecule has 2 amide bonds. The van der Waals surface area contributed by atoms with Crippen LogP contribution in [0, 0.1) is 0 Å². The molecule has 1 heterocycles. The van der Waals surface area contributed by atoms with E-state index in [4.69, 9.17) is 14.9 Å². The minimum Gasteiger partial charge on any atom is -0.479 e. The molecule has 7 nitrogen and oxygen atoms in total. The number of likely N-dealkylation sites (tertiary alicyclic amines) is 1. The molecule has 1 saturated heterocycles. The summed E-state index contributed by atoms with van der Waals surface area (Å²) < 4.78 is 5.65. The van der Waals surface area contributed by atoms with E-state index in [2.05, 4.69) is 5.32 Å². The summed E-state index contributed by atoms with van der Waals surface area (Å²) in [4.78, 5) is 24.0. The predicted molar refractivity (Wildman–Crippen MR) is 72.5 cm³/mol. The van der Waals surface area contributed by atoms with Crippen molar-refractivity contribution in [3.05, 3.63) is 0 Å². The van der Waals surface area contributed by atoms with Crippen molar-refractivity contribution >= 4 is 12.0 Å². The molecule has 1 rings (SSSR count). The van der Waals surface area contributed by atoms with E-state index in [0.29, 0.717) is 19.7 Å². The van der Waals surface area contributed by atoms with Crippen LogP contribution >= 0.6 is 0 Å². The summed E-state index contributed by atoms with van der Waals surface area (Å²) in [5, 5.41) is 20.3. The smallest absolute Gasteiger partial charge is 0.332 e. The number of carbonyl (C=O) groups is 2. The van der Waals surface area contributed by atoms with Gasteiger partial charge in [-0.2, -0.15) is 0 Å². The number of aliphatic hydroxyl groups excluding tert-OH is 1. The first-order valence-electron chi connectivity index (χ1n) is 7.09. The van der Waals surface area contributed by atoms with Crippen molar-refractivity contribution in [2.45, 2.75) is 44.8 Å². The highest BCUT2D eigenvalue weighted by Crippen LogP contribution is 2.13. The highest BCUT2D eigenvalue weighted by atomic mass is 16.5. The Bertz CT molecular complexity index is 324. The van der Waals surface area contributed by atoms with Crippen molar-refractivity contribution in [3.8, 4) is 0 Å². The van der Waals surface area contributed by atoms with Gasteiger partial charge in [-0.1, -0.05) is 6.92 Å². The molecule has 7 heteroatoms. The van der Waals surface area contributed by atoms with Crippen LogP contribution < -0.4 is 5.32 Å². The molecule has 0 saturated carbocycles. The average Bonchev–Trinajstić information content (AvgIpc) is 2.45. The van der Waals surface area contributed by atoms with E-state index in [1.165, 1.54) is 0 Å². The van der Waals surface area contributed by atoms with Gasteiger partial charge in [0.1, 0.15) is 0 Å². The van der Waals surface area contributed by atoms with E-state index in [9.17, 15) is 9.59 Å². The molecule has 20 heavy (non-hydrogen) atoms. The molecule has 0 aromatic rings. The van der Waals surface area contributed by atoms with Gasteiger partial charge < -0.3 is 25.2 Å². The van der Waals surface area contributed by atoms with Gasteiger partial charge in [-0.25, -0.2) is 9.59 Å². The highest BCUT2D eigenvalue weighted by Gasteiger charge is 2.24. The van der Waals surface area contributed by atoms with Gasteiger partial charge in [0, 0.05) is 32.7 Å². The fraction of sp³-hybridized carbons (Fsp3) is 0.846. The van der Waals surface area contributed by atoms with Crippen LogP contribution in [-0.2, 0) is 9.53 Å². The van der Waals surface area contributed by atoms with Gasteiger partial charge in [-0.05, 0) is 19.3 Å². The number of urea groups is 1. The first kappa shape index (κ1) is 16.7. The number of piperidine rings is 1. The summed E-state index contributed by atoms with van der Waals surface area (Å²) in [6.45, 7) is 4.13.